The van der Waals surface area contributed by atoms with Crippen molar-refractivity contribution in [2.75, 3.05) is 0 Å². The fraction of sp³-hybridized carbons (Fsp3) is 0.857. The molecule has 0 saturated heterocycles. The first-order valence-corrected chi connectivity index (χ1v) is 3.48. The maximum Gasteiger partial charge on any atom is 0.306 e. The zero-order valence-electron chi connectivity index (χ0n) is 6.42. The van der Waals surface area contributed by atoms with Crippen LogP contribution in [0.4, 0.5) is 0 Å². The summed E-state index contributed by atoms with van der Waals surface area (Å²) < 4.78 is 0. The minimum atomic E-state index is -0.994. The molecule has 2 N–H and O–H groups in total. The zero-order valence-corrected chi connectivity index (χ0v) is 6.42. The fourth-order valence-corrected chi connectivity index (χ4v) is 0.781. The highest BCUT2D eigenvalue weighted by molar-refractivity contribution is 5.68. The van der Waals surface area contributed by atoms with Crippen molar-refractivity contribution in [1.82, 2.24) is 0 Å². The van der Waals surface area contributed by atoms with Gasteiger partial charge in [0.15, 0.2) is 0 Å². The molecule has 0 spiro atoms. The number of carbonyl (C=O) groups is 1. The highest BCUT2D eigenvalue weighted by Crippen LogP contribution is 2.18. The Hall–Kier alpha value is -0.570. The average molecular weight is 146 g/mol. The minimum Gasteiger partial charge on any atom is -0.481 e. The second kappa shape index (κ2) is 3.56. The smallest absolute Gasteiger partial charge is 0.306 e. The summed E-state index contributed by atoms with van der Waals surface area (Å²) in [4.78, 5) is 10.2. The van der Waals surface area contributed by atoms with Crippen molar-refractivity contribution in [3.8, 4) is 0 Å². The number of hydrogen-bond acceptors (Lipinski definition) is 2. The van der Waals surface area contributed by atoms with Crippen LogP contribution < -0.4 is 0 Å². The highest BCUT2D eigenvalue weighted by atomic mass is 16.4. The molecule has 60 valence electrons. The number of aliphatic carboxylic acids is 1. The maximum absolute atomic E-state index is 10.2. The Kier molecular flexibility index (Phi) is 3.36. The van der Waals surface area contributed by atoms with Gasteiger partial charge in [-0.15, -0.1) is 0 Å². The van der Waals surface area contributed by atoms with E-state index >= 15 is 0 Å². The maximum atomic E-state index is 10.2. The summed E-state index contributed by atoms with van der Waals surface area (Å²) in [6.07, 6.45) is 0.839. The van der Waals surface area contributed by atoms with Crippen LogP contribution in [0.5, 0.6) is 0 Å². The number of carboxylic acid groups (broad SMARTS) is 1. The van der Waals surface area contributed by atoms with E-state index in [2.05, 4.69) is 0 Å². The van der Waals surface area contributed by atoms with Crippen LogP contribution in [0.25, 0.3) is 0 Å². The first kappa shape index (κ1) is 9.43. The first-order valence-electron chi connectivity index (χ1n) is 3.48. The van der Waals surface area contributed by atoms with Crippen LogP contribution in [0.3, 0.4) is 0 Å². The molecule has 0 aromatic heterocycles. The van der Waals surface area contributed by atoms with Gasteiger partial charge in [0.2, 0.25) is 0 Å². The SMILES string of the molecule is CCC(O)(CC)CC(=O)O. The van der Waals surface area contributed by atoms with Crippen molar-refractivity contribution < 1.29 is 15.0 Å². The summed E-state index contributed by atoms with van der Waals surface area (Å²) >= 11 is 0. The highest BCUT2D eigenvalue weighted by Gasteiger charge is 2.25. The van der Waals surface area contributed by atoms with Gasteiger partial charge in [-0.3, -0.25) is 4.79 Å². The molecule has 0 atom stereocenters. The number of rotatable bonds is 4. The summed E-state index contributed by atoms with van der Waals surface area (Å²) in [6, 6.07) is 0. The molecule has 0 rings (SSSR count). The molecule has 10 heavy (non-hydrogen) atoms. The van der Waals surface area contributed by atoms with E-state index in [4.69, 9.17) is 5.11 Å². The molecule has 0 unspecified atom stereocenters. The zero-order chi connectivity index (χ0) is 8.20. The van der Waals surface area contributed by atoms with Gasteiger partial charge in [-0.2, -0.15) is 0 Å². The quantitative estimate of drug-likeness (QED) is 0.622. The van der Waals surface area contributed by atoms with Crippen molar-refractivity contribution in [2.45, 2.75) is 38.7 Å². The third-order valence-electron chi connectivity index (χ3n) is 1.80. The molecular weight excluding hydrogens is 132 g/mol. The van der Waals surface area contributed by atoms with Gasteiger partial charge in [-0.05, 0) is 12.8 Å². The van der Waals surface area contributed by atoms with Crippen LogP contribution in [0.1, 0.15) is 33.1 Å². The summed E-state index contributed by atoms with van der Waals surface area (Å²) in [5.74, 6) is -0.939. The number of carboxylic acids is 1. The lowest BCUT2D eigenvalue weighted by molar-refractivity contribution is -0.142. The summed E-state index contributed by atoms with van der Waals surface area (Å²) in [6.45, 7) is 3.57. The molecule has 0 aliphatic carbocycles. The average Bonchev–Trinajstić information content (AvgIpc) is 1.87. The Labute approximate surface area is 60.7 Å². The molecule has 0 saturated carbocycles. The van der Waals surface area contributed by atoms with E-state index in [1.165, 1.54) is 0 Å². The Balaban J connectivity index is 3.92. The van der Waals surface area contributed by atoms with Crippen molar-refractivity contribution >= 4 is 5.97 Å². The third kappa shape index (κ3) is 2.82. The minimum absolute atomic E-state index is 0.153. The second-order valence-electron chi connectivity index (χ2n) is 2.50. The summed E-state index contributed by atoms with van der Waals surface area (Å²) in [5, 5.41) is 17.8. The normalized spacial score (nSPS) is 11.5. The standard InChI is InChI=1S/C7H14O3/c1-3-7(10,4-2)5-6(8)9/h10H,3-5H2,1-2H3,(H,8,9). The summed E-state index contributed by atoms with van der Waals surface area (Å²) in [5.41, 5.74) is -0.994. The van der Waals surface area contributed by atoms with Crippen LogP contribution in [-0.4, -0.2) is 21.8 Å². The Morgan fingerprint density at radius 1 is 1.40 bits per heavy atom. The van der Waals surface area contributed by atoms with Gasteiger partial charge in [0.05, 0.1) is 12.0 Å². The van der Waals surface area contributed by atoms with Gasteiger partial charge in [0, 0.05) is 0 Å². The molecule has 0 radical (unpaired) electrons. The van der Waals surface area contributed by atoms with Crippen LogP contribution in [0.15, 0.2) is 0 Å². The van der Waals surface area contributed by atoms with Gasteiger partial charge in [0.1, 0.15) is 0 Å². The molecule has 0 fully saturated rings. The van der Waals surface area contributed by atoms with E-state index in [1.807, 2.05) is 0 Å². The van der Waals surface area contributed by atoms with Crippen molar-refractivity contribution in [3.05, 3.63) is 0 Å². The predicted molar refractivity (Wildman–Crippen MR) is 37.8 cm³/mol. The van der Waals surface area contributed by atoms with Gasteiger partial charge >= 0.3 is 5.97 Å². The Morgan fingerprint density at radius 2 is 1.80 bits per heavy atom. The van der Waals surface area contributed by atoms with Gasteiger partial charge in [0.25, 0.3) is 0 Å². The predicted octanol–water partition coefficient (Wildman–Crippen LogP) is 1.01. The molecule has 0 aromatic rings. The Bertz CT molecular complexity index is 116. The lowest BCUT2D eigenvalue weighted by atomic mass is 9.94. The lowest BCUT2D eigenvalue weighted by Gasteiger charge is -2.22. The monoisotopic (exact) mass is 146 g/mol. The van der Waals surface area contributed by atoms with Gasteiger partial charge < -0.3 is 10.2 Å². The summed E-state index contributed by atoms with van der Waals surface area (Å²) in [7, 11) is 0. The van der Waals surface area contributed by atoms with Crippen LogP contribution in [0, 0.1) is 0 Å². The third-order valence-corrected chi connectivity index (χ3v) is 1.80. The molecule has 0 aliphatic rings. The largest absolute Gasteiger partial charge is 0.481 e. The molecule has 3 heteroatoms. The van der Waals surface area contributed by atoms with E-state index in [0.29, 0.717) is 12.8 Å². The fourth-order valence-electron chi connectivity index (χ4n) is 0.781. The van der Waals surface area contributed by atoms with E-state index in [9.17, 15) is 9.90 Å². The van der Waals surface area contributed by atoms with Crippen LogP contribution in [-0.2, 0) is 4.79 Å². The van der Waals surface area contributed by atoms with Crippen LogP contribution >= 0.6 is 0 Å². The molecule has 0 amide bonds. The van der Waals surface area contributed by atoms with Crippen LogP contribution in [0.2, 0.25) is 0 Å². The lowest BCUT2D eigenvalue weighted by Crippen LogP contribution is -2.29. The van der Waals surface area contributed by atoms with Gasteiger partial charge in [-0.1, -0.05) is 13.8 Å². The molecular formula is C7H14O3. The second-order valence-corrected chi connectivity index (χ2v) is 2.50. The topological polar surface area (TPSA) is 57.5 Å². The van der Waals surface area contributed by atoms with E-state index < -0.39 is 11.6 Å². The number of hydrogen-bond donors (Lipinski definition) is 2. The molecule has 0 aliphatic heterocycles. The van der Waals surface area contributed by atoms with Gasteiger partial charge in [-0.25, -0.2) is 0 Å². The van der Waals surface area contributed by atoms with E-state index in [0.717, 1.165) is 0 Å². The van der Waals surface area contributed by atoms with Crippen molar-refractivity contribution in [1.29, 1.82) is 0 Å². The molecule has 0 aromatic carbocycles. The van der Waals surface area contributed by atoms with E-state index in [1.54, 1.807) is 13.8 Å². The molecule has 0 heterocycles. The number of aliphatic hydroxyl groups is 1. The van der Waals surface area contributed by atoms with E-state index in [-0.39, 0.29) is 6.42 Å². The molecule has 3 nitrogen and oxygen atoms in total. The van der Waals surface area contributed by atoms with Crippen molar-refractivity contribution in [2.24, 2.45) is 0 Å². The Morgan fingerprint density at radius 3 is 1.90 bits per heavy atom. The first-order chi connectivity index (χ1) is 4.54. The molecule has 0 bridgehead atoms. The van der Waals surface area contributed by atoms with Crippen molar-refractivity contribution in [3.63, 3.8) is 0 Å².